The van der Waals surface area contributed by atoms with Gasteiger partial charge in [-0.1, -0.05) is 18.7 Å². The molecule has 0 bridgehead atoms. The lowest BCUT2D eigenvalue weighted by atomic mass is 10.0. The normalized spacial score (nSPS) is 17.3. The molecule has 1 aliphatic heterocycles. The second-order valence-electron chi connectivity index (χ2n) is 4.96. The predicted molar refractivity (Wildman–Crippen MR) is 83.4 cm³/mol. The Kier molecular flexibility index (Phi) is 3.93. The third-order valence-corrected chi connectivity index (χ3v) is 4.39. The van der Waals surface area contributed by atoms with Gasteiger partial charge in [-0.05, 0) is 25.5 Å². The number of primary amides is 1. The molecule has 2 aromatic heterocycles. The number of nitrogens with zero attached hydrogens (tertiary/aromatic N) is 3. The number of rotatable bonds is 5. The van der Waals surface area contributed by atoms with Crippen LogP contribution >= 0.6 is 11.8 Å². The Labute approximate surface area is 132 Å². The third-order valence-electron chi connectivity index (χ3n) is 3.35. The Bertz CT molecular complexity index is 720. The van der Waals surface area contributed by atoms with E-state index in [1.165, 1.54) is 0 Å². The molecule has 3 rings (SSSR count). The third kappa shape index (κ3) is 2.50. The van der Waals surface area contributed by atoms with E-state index in [0.29, 0.717) is 28.1 Å². The Morgan fingerprint density at radius 1 is 1.59 bits per heavy atom. The van der Waals surface area contributed by atoms with E-state index in [2.05, 4.69) is 22.3 Å². The topological polar surface area (TPSA) is 99.0 Å². The van der Waals surface area contributed by atoms with Gasteiger partial charge in [0.15, 0.2) is 0 Å². The van der Waals surface area contributed by atoms with E-state index in [4.69, 9.17) is 10.2 Å². The molecule has 116 valence electrons. The van der Waals surface area contributed by atoms with Gasteiger partial charge in [0.25, 0.3) is 0 Å². The largest absolute Gasteiger partial charge is 0.467 e. The number of furan rings is 1. The average Bonchev–Trinajstić information content (AvgIpc) is 3.12. The molecule has 1 amide bonds. The summed E-state index contributed by atoms with van der Waals surface area (Å²) in [6.07, 6.45) is 2.60. The van der Waals surface area contributed by atoms with Crippen LogP contribution in [0.5, 0.6) is 0 Å². The van der Waals surface area contributed by atoms with Crippen molar-refractivity contribution in [2.24, 2.45) is 5.73 Å². The number of carbonyl (C=O) groups excluding carboxylic acids is 1. The molecular weight excluding hydrogens is 302 g/mol. The number of aromatic nitrogens is 3. The molecule has 0 fully saturated rings. The van der Waals surface area contributed by atoms with Gasteiger partial charge in [0.05, 0.1) is 11.8 Å². The van der Waals surface area contributed by atoms with Gasteiger partial charge in [0.1, 0.15) is 11.8 Å². The van der Waals surface area contributed by atoms with Gasteiger partial charge in [-0.3, -0.25) is 4.79 Å². The van der Waals surface area contributed by atoms with Gasteiger partial charge in [-0.2, -0.15) is 4.98 Å². The number of nitrogens with two attached hydrogens (primary N) is 1. The molecule has 0 saturated heterocycles. The highest BCUT2D eigenvalue weighted by Crippen LogP contribution is 2.35. The molecule has 2 aromatic rings. The summed E-state index contributed by atoms with van der Waals surface area (Å²) in [6, 6.07) is 3.08. The van der Waals surface area contributed by atoms with E-state index in [0.717, 1.165) is 12.2 Å². The van der Waals surface area contributed by atoms with Crippen molar-refractivity contribution in [3.8, 4) is 0 Å². The summed E-state index contributed by atoms with van der Waals surface area (Å²) >= 11 is 1.58. The molecular formula is C14H17N5O2S. The molecule has 0 spiro atoms. The van der Waals surface area contributed by atoms with E-state index in [1.54, 1.807) is 41.8 Å². The van der Waals surface area contributed by atoms with E-state index >= 15 is 0 Å². The minimum Gasteiger partial charge on any atom is -0.467 e. The maximum Gasteiger partial charge on any atom is 0.249 e. The molecule has 7 nitrogen and oxygen atoms in total. The van der Waals surface area contributed by atoms with Crippen LogP contribution in [0.2, 0.25) is 0 Å². The highest BCUT2D eigenvalue weighted by atomic mass is 32.2. The summed E-state index contributed by atoms with van der Waals surface area (Å²) in [5, 5.41) is 8.26. The fraction of sp³-hybridized carbons (Fsp3) is 0.357. The molecule has 0 aromatic carbocycles. The zero-order valence-corrected chi connectivity index (χ0v) is 13.2. The monoisotopic (exact) mass is 319 g/mol. The Balaban J connectivity index is 2.07. The van der Waals surface area contributed by atoms with Gasteiger partial charge < -0.3 is 15.5 Å². The average molecular weight is 319 g/mol. The highest BCUT2D eigenvalue weighted by Gasteiger charge is 2.34. The fourth-order valence-corrected chi connectivity index (χ4v) is 3.10. The maximum atomic E-state index is 11.9. The molecule has 0 radical (unpaired) electrons. The molecule has 0 aliphatic carbocycles. The minimum absolute atomic E-state index is 0.430. The first kappa shape index (κ1) is 14.7. The number of carbonyl (C=O) groups is 1. The van der Waals surface area contributed by atoms with Crippen LogP contribution in [0, 0.1) is 0 Å². The van der Waals surface area contributed by atoms with Crippen molar-refractivity contribution in [2.75, 3.05) is 11.1 Å². The van der Waals surface area contributed by atoms with Crippen molar-refractivity contribution in [2.45, 2.75) is 31.5 Å². The maximum absolute atomic E-state index is 11.9. The zero-order chi connectivity index (χ0) is 15.7. The molecule has 8 heteroatoms. The number of amides is 1. The number of fused-ring (bicyclic) bond motifs is 1. The summed E-state index contributed by atoms with van der Waals surface area (Å²) in [5.41, 5.74) is 6.65. The number of allylic oxidation sites excluding steroid dienone is 1. The summed E-state index contributed by atoms with van der Waals surface area (Å²) in [6.45, 7) is 3.90. The van der Waals surface area contributed by atoms with Crippen LogP contribution in [0.4, 0.5) is 5.95 Å². The van der Waals surface area contributed by atoms with Crippen LogP contribution < -0.4 is 11.1 Å². The zero-order valence-electron chi connectivity index (χ0n) is 12.4. The first-order chi connectivity index (χ1) is 10.6. The van der Waals surface area contributed by atoms with E-state index in [1.807, 2.05) is 0 Å². The summed E-state index contributed by atoms with van der Waals surface area (Å²) in [5.74, 6) is 1.62. The Morgan fingerprint density at radius 3 is 3.05 bits per heavy atom. The number of hydrogen-bond donors (Lipinski definition) is 2. The van der Waals surface area contributed by atoms with Gasteiger partial charge in [-0.25, -0.2) is 4.68 Å². The van der Waals surface area contributed by atoms with Crippen LogP contribution in [-0.4, -0.2) is 26.4 Å². The second-order valence-corrected chi connectivity index (χ2v) is 6.02. The lowest BCUT2D eigenvalue weighted by Crippen LogP contribution is -2.31. The molecule has 1 unspecified atom stereocenters. The quantitative estimate of drug-likeness (QED) is 0.819. The van der Waals surface area contributed by atoms with Crippen LogP contribution in [0.3, 0.4) is 0 Å². The van der Waals surface area contributed by atoms with E-state index in [9.17, 15) is 4.79 Å². The van der Waals surface area contributed by atoms with Crippen molar-refractivity contribution in [1.82, 2.24) is 14.8 Å². The lowest BCUT2D eigenvalue weighted by molar-refractivity contribution is -0.115. The number of thioether (sulfide) groups is 1. The van der Waals surface area contributed by atoms with Crippen molar-refractivity contribution in [3.05, 3.63) is 35.4 Å². The fourth-order valence-electron chi connectivity index (χ4n) is 2.42. The first-order valence-corrected chi connectivity index (χ1v) is 8.00. The van der Waals surface area contributed by atoms with Gasteiger partial charge in [0.2, 0.25) is 17.0 Å². The second kappa shape index (κ2) is 5.88. The molecule has 0 saturated carbocycles. The van der Waals surface area contributed by atoms with Crippen molar-refractivity contribution < 1.29 is 9.21 Å². The van der Waals surface area contributed by atoms with E-state index < -0.39 is 11.9 Å². The van der Waals surface area contributed by atoms with E-state index in [-0.39, 0.29) is 0 Å². The SMILES string of the molecule is CCCSc1nc2n(n1)C(c1ccco1)C(C(N)=O)=C(C)N2. The van der Waals surface area contributed by atoms with Crippen molar-refractivity contribution in [1.29, 1.82) is 0 Å². The molecule has 1 aliphatic rings. The highest BCUT2D eigenvalue weighted by molar-refractivity contribution is 7.99. The van der Waals surface area contributed by atoms with Crippen molar-refractivity contribution >= 4 is 23.6 Å². The number of hydrogen-bond acceptors (Lipinski definition) is 6. The minimum atomic E-state index is -0.504. The van der Waals surface area contributed by atoms with Crippen LogP contribution in [-0.2, 0) is 4.79 Å². The summed E-state index contributed by atoms with van der Waals surface area (Å²) < 4.78 is 7.14. The van der Waals surface area contributed by atoms with Gasteiger partial charge >= 0.3 is 0 Å². The molecule has 1 atom stereocenters. The van der Waals surface area contributed by atoms with Crippen LogP contribution in [0.1, 0.15) is 32.1 Å². The molecule has 3 N–H and O–H groups in total. The van der Waals surface area contributed by atoms with Gasteiger partial charge in [-0.15, -0.1) is 5.10 Å². The predicted octanol–water partition coefficient (Wildman–Crippen LogP) is 2.15. The number of anilines is 1. The Hall–Kier alpha value is -2.22. The lowest BCUT2D eigenvalue weighted by Gasteiger charge is -2.25. The smallest absolute Gasteiger partial charge is 0.249 e. The van der Waals surface area contributed by atoms with Crippen LogP contribution in [0.25, 0.3) is 0 Å². The summed E-state index contributed by atoms with van der Waals surface area (Å²) in [4.78, 5) is 16.3. The standard InChI is InChI=1S/C14H17N5O2S/c1-3-7-22-14-17-13-16-8(2)10(12(15)20)11(19(13)18-14)9-5-4-6-21-9/h4-6,11H,3,7H2,1-2H3,(H2,15,20)(H,16,17,18). The Morgan fingerprint density at radius 2 is 2.41 bits per heavy atom. The van der Waals surface area contributed by atoms with Gasteiger partial charge in [0, 0.05) is 11.4 Å². The molecule has 3 heterocycles. The van der Waals surface area contributed by atoms with Crippen molar-refractivity contribution in [3.63, 3.8) is 0 Å². The molecule has 22 heavy (non-hydrogen) atoms. The first-order valence-electron chi connectivity index (χ1n) is 7.02. The summed E-state index contributed by atoms with van der Waals surface area (Å²) in [7, 11) is 0. The number of nitrogens with one attached hydrogen (secondary N) is 1. The van der Waals surface area contributed by atoms with Crippen LogP contribution in [0.15, 0.2) is 39.2 Å².